The van der Waals surface area contributed by atoms with Crippen LogP contribution in [-0.2, 0) is 5.54 Å². The number of hydrogen-bond acceptors (Lipinski definition) is 3. The molecule has 2 atom stereocenters. The standard InChI is InChI=1S/C11H17NOS/c1-8-6-14-7-9(8)11(12)5-3-2-4-10(11)13/h6-7,10,13H,2-5,12H2,1H3/t10-,11-/m1/s1. The fourth-order valence-corrected chi connectivity index (χ4v) is 3.27. The molecule has 1 aromatic rings. The smallest absolute Gasteiger partial charge is 0.0761 e. The molecule has 78 valence electrons. The molecule has 1 aliphatic carbocycles. The topological polar surface area (TPSA) is 46.2 Å². The van der Waals surface area contributed by atoms with Gasteiger partial charge in [0.2, 0.25) is 0 Å². The van der Waals surface area contributed by atoms with E-state index in [1.54, 1.807) is 11.3 Å². The molecule has 14 heavy (non-hydrogen) atoms. The van der Waals surface area contributed by atoms with E-state index in [-0.39, 0.29) is 6.10 Å². The van der Waals surface area contributed by atoms with Crippen LogP contribution >= 0.6 is 11.3 Å². The van der Waals surface area contributed by atoms with Gasteiger partial charge in [-0.1, -0.05) is 12.8 Å². The first-order valence-electron chi connectivity index (χ1n) is 5.15. The van der Waals surface area contributed by atoms with E-state index in [4.69, 9.17) is 5.73 Å². The van der Waals surface area contributed by atoms with Crippen molar-refractivity contribution in [2.75, 3.05) is 0 Å². The normalized spacial score (nSPS) is 33.2. The molecule has 0 radical (unpaired) electrons. The first-order chi connectivity index (χ1) is 6.64. The Morgan fingerprint density at radius 1 is 1.50 bits per heavy atom. The predicted molar refractivity (Wildman–Crippen MR) is 59.4 cm³/mol. The highest BCUT2D eigenvalue weighted by atomic mass is 32.1. The minimum Gasteiger partial charge on any atom is -0.391 e. The SMILES string of the molecule is Cc1cscc1[C@]1(N)CCCC[C@H]1O. The number of aliphatic hydroxyl groups excluding tert-OH is 1. The summed E-state index contributed by atoms with van der Waals surface area (Å²) in [5.41, 5.74) is 8.21. The van der Waals surface area contributed by atoms with Crippen molar-refractivity contribution < 1.29 is 5.11 Å². The average molecular weight is 211 g/mol. The van der Waals surface area contributed by atoms with Crippen molar-refractivity contribution >= 4 is 11.3 Å². The van der Waals surface area contributed by atoms with Crippen LogP contribution < -0.4 is 5.73 Å². The molecule has 1 saturated carbocycles. The van der Waals surface area contributed by atoms with Crippen molar-refractivity contribution in [3.63, 3.8) is 0 Å². The van der Waals surface area contributed by atoms with E-state index in [1.165, 1.54) is 5.56 Å². The van der Waals surface area contributed by atoms with Gasteiger partial charge in [-0.3, -0.25) is 0 Å². The van der Waals surface area contributed by atoms with Crippen LogP contribution in [0.15, 0.2) is 10.8 Å². The summed E-state index contributed by atoms with van der Waals surface area (Å²) >= 11 is 1.67. The summed E-state index contributed by atoms with van der Waals surface area (Å²) in [5.74, 6) is 0. The Balaban J connectivity index is 2.34. The molecule has 0 saturated heterocycles. The Kier molecular flexibility index (Phi) is 2.64. The highest BCUT2D eigenvalue weighted by Crippen LogP contribution is 2.37. The van der Waals surface area contributed by atoms with E-state index in [0.717, 1.165) is 31.2 Å². The van der Waals surface area contributed by atoms with Gasteiger partial charge in [0.05, 0.1) is 11.6 Å². The van der Waals surface area contributed by atoms with Gasteiger partial charge < -0.3 is 10.8 Å². The average Bonchev–Trinajstić information content (AvgIpc) is 2.57. The number of hydrogen-bond donors (Lipinski definition) is 2. The molecule has 0 amide bonds. The van der Waals surface area contributed by atoms with Crippen molar-refractivity contribution in [1.82, 2.24) is 0 Å². The van der Waals surface area contributed by atoms with Crippen LogP contribution in [0.1, 0.15) is 36.8 Å². The lowest BCUT2D eigenvalue weighted by Crippen LogP contribution is -2.50. The molecular weight excluding hydrogens is 194 g/mol. The van der Waals surface area contributed by atoms with Gasteiger partial charge in [0.25, 0.3) is 0 Å². The molecule has 1 heterocycles. The summed E-state index contributed by atoms with van der Waals surface area (Å²) in [6, 6.07) is 0. The van der Waals surface area contributed by atoms with Gasteiger partial charge in [0.1, 0.15) is 0 Å². The Bertz CT molecular complexity index is 323. The molecule has 2 rings (SSSR count). The third kappa shape index (κ3) is 1.49. The zero-order valence-corrected chi connectivity index (χ0v) is 9.31. The summed E-state index contributed by atoms with van der Waals surface area (Å²) in [6.45, 7) is 2.07. The molecule has 0 aromatic carbocycles. The second-order valence-electron chi connectivity index (χ2n) is 4.27. The molecule has 1 aliphatic rings. The third-order valence-corrected chi connectivity index (χ3v) is 4.13. The van der Waals surface area contributed by atoms with Crippen LogP contribution in [0.2, 0.25) is 0 Å². The van der Waals surface area contributed by atoms with Gasteiger partial charge >= 0.3 is 0 Å². The number of thiophene rings is 1. The monoisotopic (exact) mass is 211 g/mol. The van der Waals surface area contributed by atoms with Crippen molar-refractivity contribution in [3.05, 3.63) is 21.9 Å². The van der Waals surface area contributed by atoms with Gasteiger partial charge in [0.15, 0.2) is 0 Å². The second kappa shape index (κ2) is 3.65. The Labute approximate surface area is 88.8 Å². The molecule has 1 fully saturated rings. The van der Waals surface area contributed by atoms with E-state index < -0.39 is 5.54 Å². The lowest BCUT2D eigenvalue weighted by molar-refractivity contribution is 0.0449. The zero-order valence-electron chi connectivity index (χ0n) is 8.49. The Morgan fingerprint density at radius 2 is 2.29 bits per heavy atom. The maximum atomic E-state index is 10.0. The van der Waals surface area contributed by atoms with Crippen LogP contribution in [0.3, 0.4) is 0 Å². The summed E-state index contributed by atoms with van der Waals surface area (Å²) in [5, 5.41) is 14.2. The second-order valence-corrected chi connectivity index (χ2v) is 5.01. The molecule has 3 N–H and O–H groups in total. The van der Waals surface area contributed by atoms with Gasteiger partial charge in [-0.2, -0.15) is 11.3 Å². The van der Waals surface area contributed by atoms with Crippen molar-refractivity contribution in [2.24, 2.45) is 5.73 Å². The van der Waals surface area contributed by atoms with E-state index >= 15 is 0 Å². The summed E-state index contributed by atoms with van der Waals surface area (Å²) in [7, 11) is 0. The van der Waals surface area contributed by atoms with Crippen LogP contribution in [0, 0.1) is 6.92 Å². The maximum absolute atomic E-state index is 10.0. The number of aryl methyl sites for hydroxylation is 1. The first-order valence-corrected chi connectivity index (χ1v) is 6.09. The van der Waals surface area contributed by atoms with E-state index in [0.29, 0.717) is 0 Å². The van der Waals surface area contributed by atoms with Crippen molar-refractivity contribution in [1.29, 1.82) is 0 Å². The maximum Gasteiger partial charge on any atom is 0.0761 e. The van der Waals surface area contributed by atoms with E-state index in [1.807, 2.05) is 0 Å². The molecule has 0 bridgehead atoms. The van der Waals surface area contributed by atoms with Crippen LogP contribution in [-0.4, -0.2) is 11.2 Å². The highest BCUT2D eigenvalue weighted by Gasteiger charge is 2.38. The fraction of sp³-hybridized carbons (Fsp3) is 0.636. The third-order valence-electron chi connectivity index (χ3n) is 3.27. The fourth-order valence-electron chi connectivity index (χ4n) is 2.33. The summed E-state index contributed by atoms with van der Waals surface area (Å²) in [4.78, 5) is 0. The summed E-state index contributed by atoms with van der Waals surface area (Å²) in [6.07, 6.45) is 3.61. The summed E-state index contributed by atoms with van der Waals surface area (Å²) < 4.78 is 0. The lowest BCUT2D eigenvalue weighted by Gasteiger charge is -2.38. The lowest BCUT2D eigenvalue weighted by atomic mass is 9.75. The van der Waals surface area contributed by atoms with Crippen LogP contribution in [0.5, 0.6) is 0 Å². The van der Waals surface area contributed by atoms with Crippen molar-refractivity contribution in [3.8, 4) is 0 Å². The predicted octanol–water partition coefficient (Wildman–Crippen LogP) is 2.15. The molecule has 1 aromatic heterocycles. The molecule has 0 spiro atoms. The molecule has 3 heteroatoms. The van der Waals surface area contributed by atoms with Gasteiger partial charge in [-0.15, -0.1) is 0 Å². The van der Waals surface area contributed by atoms with Crippen LogP contribution in [0.25, 0.3) is 0 Å². The molecule has 0 unspecified atom stereocenters. The first kappa shape index (κ1) is 10.1. The Hall–Kier alpha value is -0.380. The van der Waals surface area contributed by atoms with Gasteiger partial charge in [-0.25, -0.2) is 0 Å². The zero-order chi connectivity index (χ0) is 10.2. The largest absolute Gasteiger partial charge is 0.391 e. The number of nitrogens with two attached hydrogens (primary N) is 1. The van der Waals surface area contributed by atoms with E-state index in [2.05, 4.69) is 17.7 Å². The molecule has 0 aliphatic heterocycles. The van der Waals surface area contributed by atoms with E-state index in [9.17, 15) is 5.11 Å². The highest BCUT2D eigenvalue weighted by molar-refractivity contribution is 7.08. The Morgan fingerprint density at radius 3 is 2.86 bits per heavy atom. The molecular formula is C11H17NOS. The minimum atomic E-state index is -0.484. The number of aliphatic hydroxyl groups is 1. The van der Waals surface area contributed by atoms with Crippen LogP contribution in [0.4, 0.5) is 0 Å². The molecule has 2 nitrogen and oxygen atoms in total. The van der Waals surface area contributed by atoms with Gasteiger partial charge in [-0.05, 0) is 41.7 Å². The van der Waals surface area contributed by atoms with Crippen molar-refractivity contribution in [2.45, 2.75) is 44.2 Å². The quantitative estimate of drug-likeness (QED) is 0.747. The van der Waals surface area contributed by atoms with Gasteiger partial charge in [0, 0.05) is 0 Å². The number of rotatable bonds is 1. The minimum absolute atomic E-state index is 0.371.